The molecule has 0 fully saturated rings. The Morgan fingerprint density at radius 2 is 1.71 bits per heavy atom. The summed E-state index contributed by atoms with van der Waals surface area (Å²) < 4.78 is 8.12. The summed E-state index contributed by atoms with van der Waals surface area (Å²) in [5, 5.41) is 3.03. The van der Waals surface area contributed by atoms with Gasteiger partial charge >= 0.3 is 0 Å². The van der Waals surface area contributed by atoms with E-state index >= 15 is 0 Å². The van der Waals surface area contributed by atoms with Crippen LogP contribution in [0.1, 0.15) is 28.2 Å². The molecular formula is C26H27N3O2. The van der Waals surface area contributed by atoms with Crippen molar-refractivity contribution in [2.75, 3.05) is 13.2 Å². The van der Waals surface area contributed by atoms with Gasteiger partial charge in [0.25, 0.3) is 5.91 Å². The second-order valence-corrected chi connectivity index (χ2v) is 7.50. The smallest absolute Gasteiger partial charge is 0.251 e. The van der Waals surface area contributed by atoms with Gasteiger partial charge in [0, 0.05) is 18.5 Å². The third kappa shape index (κ3) is 5.12. The van der Waals surface area contributed by atoms with Crippen molar-refractivity contribution < 1.29 is 9.53 Å². The van der Waals surface area contributed by atoms with Crippen molar-refractivity contribution in [2.45, 2.75) is 26.3 Å². The molecular weight excluding hydrogens is 386 g/mol. The highest BCUT2D eigenvalue weighted by atomic mass is 16.5. The van der Waals surface area contributed by atoms with Crippen LogP contribution >= 0.6 is 0 Å². The number of nitrogens with zero attached hydrogens (tertiary/aromatic N) is 2. The number of hydrogen-bond acceptors (Lipinski definition) is 3. The lowest BCUT2D eigenvalue weighted by atomic mass is 10.1. The number of amides is 1. The second kappa shape index (κ2) is 9.94. The fraction of sp³-hybridized carbons (Fsp3) is 0.231. The van der Waals surface area contributed by atoms with E-state index in [-0.39, 0.29) is 5.91 Å². The molecule has 0 saturated carbocycles. The van der Waals surface area contributed by atoms with Gasteiger partial charge in [0.1, 0.15) is 18.2 Å². The number of para-hydroxylation sites is 3. The van der Waals surface area contributed by atoms with E-state index in [9.17, 15) is 4.79 Å². The highest BCUT2D eigenvalue weighted by Crippen LogP contribution is 2.18. The van der Waals surface area contributed by atoms with Gasteiger partial charge in [-0.2, -0.15) is 0 Å². The van der Waals surface area contributed by atoms with Crippen LogP contribution in [0, 0.1) is 6.92 Å². The predicted octanol–water partition coefficient (Wildman–Crippen LogP) is 4.79. The summed E-state index contributed by atoms with van der Waals surface area (Å²) in [4.78, 5) is 17.2. The standard InChI is InChI=1S/C26H27N3O2/c1-20-10-5-6-13-22(20)26(30)27-17-9-16-25-28-23-14-7-8-15-24(23)29(25)18-19-31-21-11-3-2-4-12-21/h2-8,10-15H,9,16-19H2,1H3,(H,27,30). The molecule has 5 heteroatoms. The minimum absolute atomic E-state index is 0.0251. The van der Waals surface area contributed by atoms with Crippen molar-refractivity contribution in [2.24, 2.45) is 0 Å². The van der Waals surface area contributed by atoms with E-state index in [1.165, 1.54) is 0 Å². The van der Waals surface area contributed by atoms with Crippen LogP contribution in [0.25, 0.3) is 11.0 Å². The highest BCUT2D eigenvalue weighted by molar-refractivity contribution is 5.95. The molecule has 0 aliphatic heterocycles. The monoisotopic (exact) mass is 413 g/mol. The van der Waals surface area contributed by atoms with E-state index < -0.39 is 0 Å². The molecule has 0 unspecified atom stereocenters. The molecule has 4 aromatic rings. The average molecular weight is 414 g/mol. The molecule has 1 aromatic heterocycles. The number of carbonyl (C=O) groups excluding carboxylic acids is 1. The van der Waals surface area contributed by atoms with E-state index in [1.54, 1.807) is 0 Å². The number of aryl methyl sites for hydroxylation is 2. The quantitative estimate of drug-likeness (QED) is 0.402. The van der Waals surface area contributed by atoms with Crippen molar-refractivity contribution >= 4 is 16.9 Å². The SMILES string of the molecule is Cc1ccccc1C(=O)NCCCc1nc2ccccc2n1CCOc1ccccc1. The molecule has 0 saturated heterocycles. The summed E-state index contributed by atoms with van der Waals surface area (Å²) in [7, 11) is 0. The van der Waals surface area contributed by atoms with Crippen molar-refractivity contribution in [3.63, 3.8) is 0 Å². The zero-order chi connectivity index (χ0) is 21.5. The molecule has 0 aliphatic carbocycles. The molecule has 0 bridgehead atoms. The van der Waals surface area contributed by atoms with Crippen LogP contribution in [-0.4, -0.2) is 28.6 Å². The third-order valence-corrected chi connectivity index (χ3v) is 5.31. The Bertz CT molecular complexity index is 1150. The average Bonchev–Trinajstić information content (AvgIpc) is 3.15. The zero-order valence-electron chi connectivity index (χ0n) is 17.8. The number of hydrogen-bond donors (Lipinski definition) is 1. The zero-order valence-corrected chi connectivity index (χ0v) is 17.8. The van der Waals surface area contributed by atoms with Crippen molar-refractivity contribution in [1.29, 1.82) is 0 Å². The first kappa shape index (κ1) is 20.7. The fourth-order valence-corrected chi connectivity index (χ4v) is 3.71. The van der Waals surface area contributed by atoms with Crippen LogP contribution in [-0.2, 0) is 13.0 Å². The van der Waals surface area contributed by atoms with E-state index in [4.69, 9.17) is 9.72 Å². The van der Waals surface area contributed by atoms with Gasteiger partial charge in [0.05, 0.1) is 17.6 Å². The number of imidazole rings is 1. The van der Waals surface area contributed by atoms with Gasteiger partial charge in [-0.3, -0.25) is 4.79 Å². The summed E-state index contributed by atoms with van der Waals surface area (Å²) >= 11 is 0. The highest BCUT2D eigenvalue weighted by Gasteiger charge is 2.11. The number of aromatic nitrogens is 2. The summed E-state index contributed by atoms with van der Waals surface area (Å²) in [6.45, 7) is 3.85. The van der Waals surface area contributed by atoms with E-state index in [0.29, 0.717) is 13.2 Å². The Labute approximate surface area is 182 Å². The van der Waals surface area contributed by atoms with Gasteiger partial charge < -0.3 is 14.6 Å². The summed E-state index contributed by atoms with van der Waals surface area (Å²) in [5.41, 5.74) is 3.81. The first-order valence-corrected chi connectivity index (χ1v) is 10.7. The molecule has 4 rings (SSSR count). The summed E-state index contributed by atoms with van der Waals surface area (Å²) in [6.07, 6.45) is 1.61. The minimum Gasteiger partial charge on any atom is -0.492 e. The Hall–Kier alpha value is -3.60. The summed E-state index contributed by atoms with van der Waals surface area (Å²) in [5.74, 6) is 1.86. The Morgan fingerprint density at radius 3 is 2.55 bits per heavy atom. The maximum absolute atomic E-state index is 12.4. The molecule has 5 nitrogen and oxygen atoms in total. The molecule has 158 valence electrons. The topological polar surface area (TPSA) is 56.2 Å². The lowest BCUT2D eigenvalue weighted by Gasteiger charge is -2.11. The van der Waals surface area contributed by atoms with E-state index in [1.807, 2.05) is 79.7 Å². The molecule has 0 radical (unpaired) electrons. The Morgan fingerprint density at radius 1 is 0.968 bits per heavy atom. The third-order valence-electron chi connectivity index (χ3n) is 5.31. The van der Waals surface area contributed by atoms with Crippen LogP contribution in [0.15, 0.2) is 78.9 Å². The van der Waals surface area contributed by atoms with Gasteiger partial charge in [-0.05, 0) is 49.2 Å². The van der Waals surface area contributed by atoms with Gasteiger partial charge in [0.15, 0.2) is 0 Å². The number of benzene rings is 3. The van der Waals surface area contributed by atoms with Gasteiger partial charge in [-0.25, -0.2) is 4.98 Å². The van der Waals surface area contributed by atoms with E-state index in [2.05, 4.69) is 16.0 Å². The fourth-order valence-electron chi connectivity index (χ4n) is 3.71. The molecule has 0 atom stereocenters. The molecule has 1 amide bonds. The minimum atomic E-state index is -0.0251. The second-order valence-electron chi connectivity index (χ2n) is 7.50. The molecule has 0 spiro atoms. The van der Waals surface area contributed by atoms with Crippen LogP contribution in [0.3, 0.4) is 0 Å². The number of carbonyl (C=O) groups is 1. The summed E-state index contributed by atoms with van der Waals surface area (Å²) in [6, 6.07) is 25.7. The number of nitrogens with one attached hydrogen (secondary N) is 1. The number of fused-ring (bicyclic) bond motifs is 1. The van der Waals surface area contributed by atoms with Crippen molar-refractivity contribution in [3.05, 3.63) is 95.8 Å². The van der Waals surface area contributed by atoms with E-state index in [0.717, 1.165) is 53.1 Å². The number of ether oxygens (including phenoxy) is 1. The van der Waals surface area contributed by atoms with Crippen molar-refractivity contribution in [1.82, 2.24) is 14.9 Å². The maximum Gasteiger partial charge on any atom is 0.251 e. The largest absolute Gasteiger partial charge is 0.492 e. The van der Waals surface area contributed by atoms with Gasteiger partial charge in [-0.1, -0.05) is 48.5 Å². The molecule has 3 aromatic carbocycles. The van der Waals surface area contributed by atoms with Crippen LogP contribution in [0.4, 0.5) is 0 Å². The lowest BCUT2D eigenvalue weighted by molar-refractivity contribution is 0.0952. The first-order valence-electron chi connectivity index (χ1n) is 10.7. The van der Waals surface area contributed by atoms with Crippen molar-refractivity contribution in [3.8, 4) is 5.75 Å². The predicted molar refractivity (Wildman–Crippen MR) is 124 cm³/mol. The molecule has 1 heterocycles. The van der Waals surface area contributed by atoms with Gasteiger partial charge in [0.2, 0.25) is 0 Å². The normalized spacial score (nSPS) is 10.9. The Balaban J connectivity index is 1.37. The number of rotatable bonds is 9. The Kier molecular flexibility index (Phi) is 6.62. The molecule has 31 heavy (non-hydrogen) atoms. The van der Waals surface area contributed by atoms with Crippen LogP contribution in [0.2, 0.25) is 0 Å². The maximum atomic E-state index is 12.4. The molecule has 0 aliphatic rings. The molecule has 1 N–H and O–H groups in total. The van der Waals surface area contributed by atoms with Crippen LogP contribution in [0.5, 0.6) is 5.75 Å². The van der Waals surface area contributed by atoms with Gasteiger partial charge in [-0.15, -0.1) is 0 Å². The lowest BCUT2D eigenvalue weighted by Crippen LogP contribution is -2.25. The first-order chi connectivity index (χ1) is 15.2. The van der Waals surface area contributed by atoms with Crippen LogP contribution < -0.4 is 10.1 Å².